The summed E-state index contributed by atoms with van der Waals surface area (Å²) in [5, 5.41) is 10.1. The minimum atomic E-state index is -1.17. The second-order valence-corrected chi connectivity index (χ2v) is 11.7. The maximum atomic E-state index is 14.4. The molecule has 2 bridgehead atoms. The molecule has 206 valence electrons. The lowest BCUT2D eigenvalue weighted by atomic mass is 9.70. The Balaban J connectivity index is 1.76. The van der Waals surface area contributed by atoms with E-state index in [1.807, 2.05) is 37.3 Å². The molecule has 3 aliphatic rings. The highest BCUT2D eigenvalue weighted by atomic mass is 79.9. The smallest absolute Gasteiger partial charge is 0.249 e. The zero-order chi connectivity index (χ0) is 27.6. The highest BCUT2D eigenvalue weighted by Gasteiger charge is 2.77. The zero-order valence-corrected chi connectivity index (χ0v) is 23.8. The number of likely N-dealkylation sites (tertiary alicyclic amines) is 1. The second kappa shape index (κ2) is 11.7. The molecule has 1 aromatic rings. The van der Waals surface area contributed by atoms with Gasteiger partial charge in [0.25, 0.3) is 0 Å². The first-order valence-electron chi connectivity index (χ1n) is 13.3. The van der Waals surface area contributed by atoms with Crippen molar-refractivity contribution in [1.29, 1.82) is 0 Å². The van der Waals surface area contributed by atoms with Crippen molar-refractivity contribution in [3.05, 3.63) is 61.2 Å². The number of rotatable bonds is 12. The van der Waals surface area contributed by atoms with Crippen LogP contribution in [-0.4, -0.2) is 92.4 Å². The maximum absolute atomic E-state index is 14.4. The molecule has 0 radical (unpaired) electrons. The normalized spacial score (nSPS) is 30.2. The van der Waals surface area contributed by atoms with Crippen LogP contribution in [0, 0.1) is 11.8 Å². The predicted molar refractivity (Wildman–Crippen MR) is 148 cm³/mol. The molecule has 1 spiro atoms. The Bertz CT molecular complexity index is 1070. The summed E-state index contributed by atoms with van der Waals surface area (Å²) in [7, 11) is 0. The van der Waals surface area contributed by atoms with Gasteiger partial charge in [0, 0.05) is 31.0 Å². The van der Waals surface area contributed by atoms with Gasteiger partial charge in [0.05, 0.1) is 30.6 Å². The first kappa shape index (κ1) is 28.5. The Morgan fingerprint density at radius 1 is 1.21 bits per heavy atom. The van der Waals surface area contributed by atoms with Crippen molar-refractivity contribution in [2.24, 2.45) is 11.8 Å². The molecule has 1 N–H and O–H groups in total. The van der Waals surface area contributed by atoms with Crippen molar-refractivity contribution < 1.29 is 24.2 Å². The third kappa shape index (κ3) is 4.73. The highest BCUT2D eigenvalue weighted by molar-refractivity contribution is 9.09. The third-order valence-electron chi connectivity index (χ3n) is 8.02. The van der Waals surface area contributed by atoms with Crippen molar-refractivity contribution in [2.45, 2.75) is 61.8 Å². The van der Waals surface area contributed by atoms with Crippen molar-refractivity contribution in [2.75, 3.05) is 26.2 Å². The molecular formula is C29H38BrN3O5. The van der Waals surface area contributed by atoms with Gasteiger partial charge in [-0.2, -0.15) is 0 Å². The second-order valence-electron chi connectivity index (χ2n) is 10.5. The minimum absolute atomic E-state index is 0.155. The molecule has 9 heteroatoms. The Morgan fingerprint density at radius 3 is 2.47 bits per heavy atom. The van der Waals surface area contributed by atoms with E-state index < -0.39 is 35.6 Å². The molecule has 1 aromatic carbocycles. The Labute approximate surface area is 233 Å². The Morgan fingerprint density at radius 2 is 1.87 bits per heavy atom. The lowest BCUT2D eigenvalue weighted by Crippen LogP contribution is -2.58. The number of aliphatic hydroxyl groups is 1. The minimum Gasteiger partial charge on any atom is -0.394 e. The molecule has 7 atom stereocenters. The molecule has 38 heavy (non-hydrogen) atoms. The van der Waals surface area contributed by atoms with E-state index in [1.54, 1.807) is 28.9 Å². The number of benzene rings is 1. The SMILES string of the molecule is C=CCN(Cc1ccccc1)C(=O)C1N([C@H](C)CO)C(=O)[C@@H]2[C@@H](C(=O)N(CC=C)CCC)[C@@H]3OC12CC3Br. The molecule has 0 aliphatic carbocycles. The number of alkyl halides is 1. The molecule has 4 rings (SSSR count). The van der Waals surface area contributed by atoms with Crippen LogP contribution < -0.4 is 0 Å². The lowest BCUT2D eigenvalue weighted by Gasteiger charge is -2.38. The quantitative estimate of drug-likeness (QED) is 0.300. The van der Waals surface area contributed by atoms with E-state index in [4.69, 9.17) is 4.74 Å². The summed E-state index contributed by atoms with van der Waals surface area (Å²) in [6, 6.07) is 8.05. The van der Waals surface area contributed by atoms with E-state index in [2.05, 4.69) is 29.1 Å². The van der Waals surface area contributed by atoms with Gasteiger partial charge in [-0.05, 0) is 25.3 Å². The van der Waals surface area contributed by atoms with Crippen molar-refractivity contribution >= 4 is 33.7 Å². The number of carbonyl (C=O) groups is 3. The van der Waals surface area contributed by atoms with Crippen LogP contribution >= 0.6 is 15.9 Å². The monoisotopic (exact) mass is 587 g/mol. The number of hydrogen-bond acceptors (Lipinski definition) is 5. The molecule has 0 aromatic heterocycles. The van der Waals surface area contributed by atoms with E-state index in [1.165, 1.54) is 4.90 Å². The number of fused-ring (bicyclic) bond motifs is 1. The fourth-order valence-electron chi connectivity index (χ4n) is 6.48. The predicted octanol–water partition coefficient (Wildman–Crippen LogP) is 2.75. The molecule has 3 amide bonds. The number of ether oxygens (including phenoxy) is 1. The van der Waals surface area contributed by atoms with Crippen LogP contribution in [0.4, 0.5) is 0 Å². The first-order chi connectivity index (χ1) is 18.2. The van der Waals surface area contributed by atoms with Gasteiger partial charge >= 0.3 is 0 Å². The van der Waals surface area contributed by atoms with E-state index in [-0.39, 0.29) is 35.7 Å². The van der Waals surface area contributed by atoms with Gasteiger partial charge in [0.1, 0.15) is 11.6 Å². The van der Waals surface area contributed by atoms with Gasteiger partial charge < -0.3 is 24.5 Å². The largest absolute Gasteiger partial charge is 0.394 e. The average Bonchev–Trinajstić information content (AvgIpc) is 3.51. The summed E-state index contributed by atoms with van der Waals surface area (Å²) < 4.78 is 6.61. The van der Waals surface area contributed by atoms with Crippen LogP contribution in [0.5, 0.6) is 0 Å². The van der Waals surface area contributed by atoms with Crippen LogP contribution in [0.25, 0.3) is 0 Å². The first-order valence-corrected chi connectivity index (χ1v) is 14.2. The summed E-state index contributed by atoms with van der Waals surface area (Å²) in [5.74, 6) is -2.25. The zero-order valence-electron chi connectivity index (χ0n) is 22.2. The third-order valence-corrected chi connectivity index (χ3v) is 8.86. The van der Waals surface area contributed by atoms with Crippen LogP contribution in [-0.2, 0) is 25.7 Å². The van der Waals surface area contributed by atoms with Gasteiger partial charge in [-0.25, -0.2) is 0 Å². The summed E-state index contributed by atoms with van der Waals surface area (Å²) in [5.41, 5.74) is -0.218. The van der Waals surface area contributed by atoms with Gasteiger partial charge in [0.15, 0.2) is 0 Å². The molecule has 3 unspecified atom stereocenters. The van der Waals surface area contributed by atoms with Crippen LogP contribution in [0.15, 0.2) is 55.6 Å². The summed E-state index contributed by atoms with van der Waals surface area (Å²) in [6.07, 6.45) is 4.01. The van der Waals surface area contributed by atoms with Gasteiger partial charge in [0.2, 0.25) is 17.7 Å². The summed E-state index contributed by atoms with van der Waals surface area (Å²) in [6.45, 7) is 12.6. The van der Waals surface area contributed by atoms with E-state index in [0.717, 1.165) is 12.0 Å². The molecule has 0 saturated carbocycles. The van der Waals surface area contributed by atoms with E-state index in [9.17, 15) is 19.5 Å². The highest BCUT2D eigenvalue weighted by Crippen LogP contribution is 2.60. The van der Waals surface area contributed by atoms with Gasteiger partial charge in [-0.1, -0.05) is 65.3 Å². The van der Waals surface area contributed by atoms with Crippen molar-refractivity contribution in [3.63, 3.8) is 0 Å². The topological polar surface area (TPSA) is 90.4 Å². The van der Waals surface area contributed by atoms with Gasteiger partial charge in [-0.3, -0.25) is 14.4 Å². The molecule has 3 aliphatic heterocycles. The van der Waals surface area contributed by atoms with E-state index >= 15 is 0 Å². The van der Waals surface area contributed by atoms with E-state index in [0.29, 0.717) is 26.1 Å². The standard InChI is InChI=1S/C29H38BrN3O5/c1-5-13-31(14-6-2)26(35)22-23-27(36)33(19(4)18-34)25(29(23)16-21(30)24(22)38-29)28(37)32(15-7-3)17-20-11-9-8-10-12-20/h5,7-12,19,21-25,34H,1,3,6,13-18H2,2,4H3/t19-,21?,22-,23+,24-,25?,29?/m1/s1. The van der Waals surface area contributed by atoms with Crippen LogP contribution in [0.3, 0.4) is 0 Å². The Hall–Kier alpha value is -2.49. The van der Waals surface area contributed by atoms with Gasteiger partial charge in [-0.15, -0.1) is 13.2 Å². The van der Waals surface area contributed by atoms with Crippen molar-refractivity contribution in [3.8, 4) is 0 Å². The molecule has 8 nitrogen and oxygen atoms in total. The number of hydrogen-bond donors (Lipinski definition) is 1. The number of carbonyl (C=O) groups excluding carboxylic acids is 3. The van der Waals surface area contributed by atoms with Crippen LogP contribution in [0.1, 0.15) is 32.3 Å². The maximum Gasteiger partial charge on any atom is 0.249 e. The lowest BCUT2D eigenvalue weighted by molar-refractivity contribution is -0.151. The average molecular weight is 589 g/mol. The molecule has 3 heterocycles. The Kier molecular flexibility index (Phi) is 8.79. The van der Waals surface area contributed by atoms with Crippen LogP contribution in [0.2, 0.25) is 0 Å². The number of amides is 3. The summed E-state index contributed by atoms with van der Waals surface area (Å²) in [4.78, 5) is 47.1. The van der Waals surface area contributed by atoms with Crippen molar-refractivity contribution in [1.82, 2.24) is 14.7 Å². The molecular weight excluding hydrogens is 550 g/mol. The number of aliphatic hydroxyl groups excluding tert-OH is 1. The summed E-state index contributed by atoms with van der Waals surface area (Å²) >= 11 is 3.72. The number of halogens is 1. The molecule has 3 fully saturated rings. The number of nitrogens with zero attached hydrogens (tertiary/aromatic N) is 3. The fourth-order valence-corrected chi connectivity index (χ4v) is 7.43. The fraction of sp³-hybridized carbons (Fsp3) is 0.552. The molecule has 3 saturated heterocycles.